The first kappa shape index (κ1) is 12.6. The molecule has 1 aromatic heterocycles. The monoisotopic (exact) mass is 242 g/mol. The molecule has 1 aromatic carbocycles. The second kappa shape index (κ2) is 5.17. The Morgan fingerprint density at radius 2 is 1.89 bits per heavy atom. The van der Waals surface area contributed by atoms with E-state index in [1.54, 1.807) is 6.07 Å². The SMILES string of the molecule is Cc1ccc(-c2nc(CC(C)C)cc(=O)[nH]2)cc1. The van der Waals surface area contributed by atoms with E-state index in [1.165, 1.54) is 5.56 Å². The molecule has 2 aromatic rings. The standard InChI is InChI=1S/C15H18N2O/c1-10(2)8-13-9-14(18)17-15(16-13)12-6-4-11(3)5-7-12/h4-7,9-10H,8H2,1-3H3,(H,16,17,18). The summed E-state index contributed by atoms with van der Waals surface area (Å²) in [4.78, 5) is 18.9. The van der Waals surface area contributed by atoms with Crippen molar-refractivity contribution in [3.8, 4) is 11.4 Å². The van der Waals surface area contributed by atoms with Gasteiger partial charge in [-0.3, -0.25) is 4.79 Å². The number of hydrogen-bond donors (Lipinski definition) is 1. The maximum absolute atomic E-state index is 11.6. The number of nitrogens with zero attached hydrogens (tertiary/aromatic N) is 1. The first-order valence-corrected chi connectivity index (χ1v) is 6.22. The number of rotatable bonds is 3. The van der Waals surface area contributed by atoms with Crippen LogP contribution in [0, 0.1) is 12.8 Å². The molecular weight excluding hydrogens is 224 g/mol. The number of hydrogen-bond acceptors (Lipinski definition) is 2. The Hall–Kier alpha value is -1.90. The van der Waals surface area contributed by atoms with Crippen LogP contribution < -0.4 is 5.56 Å². The van der Waals surface area contributed by atoms with Crippen molar-refractivity contribution in [1.29, 1.82) is 0 Å². The molecule has 0 fully saturated rings. The first-order valence-electron chi connectivity index (χ1n) is 6.22. The van der Waals surface area contributed by atoms with Crippen LogP contribution in [-0.2, 0) is 6.42 Å². The summed E-state index contributed by atoms with van der Waals surface area (Å²) in [6, 6.07) is 9.58. The molecule has 0 aliphatic heterocycles. The molecule has 94 valence electrons. The van der Waals surface area contributed by atoms with Gasteiger partial charge in [0.1, 0.15) is 5.82 Å². The minimum atomic E-state index is -0.0868. The van der Waals surface area contributed by atoms with E-state index in [-0.39, 0.29) is 5.56 Å². The van der Waals surface area contributed by atoms with Gasteiger partial charge < -0.3 is 4.98 Å². The van der Waals surface area contributed by atoms with Crippen LogP contribution in [-0.4, -0.2) is 9.97 Å². The van der Waals surface area contributed by atoms with E-state index >= 15 is 0 Å². The summed E-state index contributed by atoms with van der Waals surface area (Å²) < 4.78 is 0. The number of aryl methyl sites for hydroxylation is 1. The van der Waals surface area contributed by atoms with Crippen LogP contribution in [0.15, 0.2) is 35.1 Å². The lowest BCUT2D eigenvalue weighted by Gasteiger charge is -2.06. The molecule has 0 aliphatic carbocycles. The van der Waals surface area contributed by atoms with Crippen molar-refractivity contribution in [2.24, 2.45) is 5.92 Å². The van der Waals surface area contributed by atoms with Crippen LogP contribution in [0.1, 0.15) is 25.1 Å². The van der Waals surface area contributed by atoms with E-state index in [9.17, 15) is 4.79 Å². The van der Waals surface area contributed by atoms with Crippen molar-refractivity contribution >= 4 is 0 Å². The summed E-state index contributed by atoms with van der Waals surface area (Å²) in [5, 5.41) is 0. The smallest absolute Gasteiger partial charge is 0.251 e. The Kier molecular flexibility index (Phi) is 3.60. The number of benzene rings is 1. The molecule has 0 aliphatic rings. The third-order valence-corrected chi connectivity index (χ3v) is 2.74. The summed E-state index contributed by atoms with van der Waals surface area (Å²) >= 11 is 0. The maximum atomic E-state index is 11.6. The molecule has 0 saturated heterocycles. The predicted molar refractivity (Wildman–Crippen MR) is 73.6 cm³/mol. The molecule has 0 amide bonds. The van der Waals surface area contributed by atoms with Crippen molar-refractivity contribution in [1.82, 2.24) is 9.97 Å². The fourth-order valence-electron chi connectivity index (χ4n) is 1.88. The van der Waals surface area contributed by atoms with Gasteiger partial charge in [-0.25, -0.2) is 4.98 Å². The number of H-pyrrole nitrogens is 1. The summed E-state index contributed by atoms with van der Waals surface area (Å²) in [5.41, 5.74) is 2.91. The van der Waals surface area contributed by atoms with Crippen LogP contribution in [0.3, 0.4) is 0 Å². The molecule has 0 spiro atoms. The van der Waals surface area contributed by atoms with Crippen LogP contribution in [0.4, 0.5) is 0 Å². The van der Waals surface area contributed by atoms with Gasteiger partial charge in [0.15, 0.2) is 0 Å². The van der Waals surface area contributed by atoms with E-state index in [2.05, 4.69) is 23.8 Å². The third-order valence-electron chi connectivity index (χ3n) is 2.74. The number of aromatic nitrogens is 2. The van der Waals surface area contributed by atoms with E-state index < -0.39 is 0 Å². The molecule has 2 rings (SSSR count). The first-order chi connectivity index (χ1) is 8.54. The quantitative estimate of drug-likeness (QED) is 0.899. The van der Waals surface area contributed by atoms with Crippen LogP contribution in [0.5, 0.6) is 0 Å². The van der Waals surface area contributed by atoms with Crippen LogP contribution in [0.2, 0.25) is 0 Å². The van der Waals surface area contributed by atoms with E-state index in [0.717, 1.165) is 17.7 Å². The zero-order valence-corrected chi connectivity index (χ0v) is 11.0. The summed E-state index contributed by atoms with van der Waals surface area (Å²) in [6.07, 6.45) is 0.822. The molecule has 3 nitrogen and oxygen atoms in total. The maximum Gasteiger partial charge on any atom is 0.251 e. The van der Waals surface area contributed by atoms with Crippen molar-refractivity contribution in [3.05, 3.63) is 51.9 Å². The molecular formula is C15H18N2O. The lowest BCUT2D eigenvalue weighted by Crippen LogP contribution is -2.11. The lowest BCUT2D eigenvalue weighted by atomic mass is 10.1. The summed E-state index contributed by atoms with van der Waals surface area (Å²) in [5.74, 6) is 1.14. The van der Waals surface area contributed by atoms with Crippen molar-refractivity contribution < 1.29 is 0 Å². The highest BCUT2D eigenvalue weighted by Gasteiger charge is 2.05. The van der Waals surface area contributed by atoms with Crippen molar-refractivity contribution in [2.75, 3.05) is 0 Å². The average molecular weight is 242 g/mol. The van der Waals surface area contributed by atoms with Gasteiger partial charge in [0.25, 0.3) is 5.56 Å². The molecule has 1 N–H and O–H groups in total. The third kappa shape index (κ3) is 3.06. The highest BCUT2D eigenvalue weighted by molar-refractivity contribution is 5.55. The zero-order valence-electron chi connectivity index (χ0n) is 11.0. The van der Waals surface area contributed by atoms with Crippen molar-refractivity contribution in [3.63, 3.8) is 0 Å². The van der Waals surface area contributed by atoms with E-state index in [4.69, 9.17) is 0 Å². The molecule has 0 bridgehead atoms. The van der Waals surface area contributed by atoms with Gasteiger partial charge in [-0.15, -0.1) is 0 Å². The molecule has 18 heavy (non-hydrogen) atoms. The Morgan fingerprint density at radius 1 is 1.22 bits per heavy atom. The normalized spacial score (nSPS) is 10.9. The Labute approximate surface area is 107 Å². The van der Waals surface area contributed by atoms with Crippen molar-refractivity contribution in [2.45, 2.75) is 27.2 Å². The fraction of sp³-hybridized carbons (Fsp3) is 0.333. The van der Waals surface area contributed by atoms with Gasteiger partial charge in [0, 0.05) is 17.3 Å². The topological polar surface area (TPSA) is 45.8 Å². The second-order valence-electron chi connectivity index (χ2n) is 5.05. The van der Waals surface area contributed by atoms with E-state index in [0.29, 0.717) is 11.7 Å². The molecule has 0 unspecified atom stereocenters. The minimum absolute atomic E-state index is 0.0868. The van der Waals surface area contributed by atoms with Gasteiger partial charge in [-0.2, -0.15) is 0 Å². The predicted octanol–water partition coefficient (Wildman–Crippen LogP) is 2.94. The Balaban J connectivity index is 2.41. The lowest BCUT2D eigenvalue weighted by molar-refractivity contribution is 0.634. The Morgan fingerprint density at radius 3 is 2.50 bits per heavy atom. The van der Waals surface area contributed by atoms with Crippen LogP contribution >= 0.6 is 0 Å². The minimum Gasteiger partial charge on any atom is -0.307 e. The highest BCUT2D eigenvalue weighted by Crippen LogP contribution is 2.15. The largest absolute Gasteiger partial charge is 0.307 e. The summed E-state index contributed by atoms with van der Waals surface area (Å²) in [7, 11) is 0. The number of aromatic amines is 1. The highest BCUT2D eigenvalue weighted by atomic mass is 16.1. The van der Waals surface area contributed by atoms with Gasteiger partial charge >= 0.3 is 0 Å². The average Bonchev–Trinajstić information content (AvgIpc) is 2.28. The second-order valence-corrected chi connectivity index (χ2v) is 5.05. The van der Waals surface area contributed by atoms with Gasteiger partial charge in [-0.05, 0) is 19.3 Å². The van der Waals surface area contributed by atoms with Crippen LogP contribution in [0.25, 0.3) is 11.4 Å². The van der Waals surface area contributed by atoms with Gasteiger partial charge in [-0.1, -0.05) is 43.7 Å². The summed E-state index contributed by atoms with van der Waals surface area (Å²) in [6.45, 7) is 6.28. The van der Waals surface area contributed by atoms with Gasteiger partial charge in [0.2, 0.25) is 0 Å². The Bertz CT molecular complexity index is 582. The molecule has 0 atom stereocenters. The number of nitrogens with one attached hydrogen (secondary N) is 1. The van der Waals surface area contributed by atoms with Gasteiger partial charge in [0.05, 0.1) is 0 Å². The molecule has 1 heterocycles. The molecule has 0 saturated carbocycles. The molecule has 3 heteroatoms. The molecule has 0 radical (unpaired) electrons. The van der Waals surface area contributed by atoms with E-state index in [1.807, 2.05) is 31.2 Å². The fourth-order valence-corrected chi connectivity index (χ4v) is 1.88. The zero-order chi connectivity index (χ0) is 13.1.